The molecule has 2 aromatic rings. The molecule has 2 rings (SSSR count). The van der Waals surface area contributed by atoms with Gasteiger partial charge >= 0.3 is 0 Å². The highest BCUT2D eigenvalue weighted by molar-refractivity contribution is 7.10. The summed E-state index contributed by atoms with van der Waals surface area (Å²) in [6.45, 7) is 2.08. The summed E-state index contributed by atoms with van der Waals surface area (Å²) in [5.41, 5.74) is 7.88. The van der Waals surface area contributed by atoms with Gasteiger partial charge in [-0.3, -0.25) is 9.78 Å². The minimum atomic E-state index is -0.530. The number of rotatable bonds is 5. The molecule has 0 aliphatic carbocycles. The van der Waals surface area contributed by atoms with Crippen LogP contribution in [0.25, 0.3) is 0 Å². The Labute approximate surface area is 111 Å². The van der Waals surface area contributed by atoms with Crippen LogP contribution in [0, 0.1) is 0 Å². The molecular weight excluding hydrogens is 244 g/mol. The minimum Gasteiger partial charge on any atom is -0.317 e. The molecule has 2 heterocycles. The summed E-state index contributed by atoms with van der Waals surface area (Å²) in [5, 5.41) is 1.93. The molecule has 4 heteroatoms. The third kappa shape index (κ3) is 3.03. The van der Waals surface area contributed by atoms with Gasteiger partial charge in [-0.1, -0.05) is 19.1 Å². The van der Waals surface area contributed by atoms with E-state index in [9.17, 15) is 4.79 Å². The fourth-order valence-corrected chi connectivity index (χ4v) is 2.43. The largest absolute Gasteiger partial charge is 0.317 e. The van der Waals surface area contributed by atoms with Crippen LogP contribution in [0.15, 0.2) is 35.8 Å². The van der Waals surface area contributed by atoms with Crippen molar-refractivity contribution in [2.75, 3.05) is 0 Å². The normalized spacial score (nSPS) is 12.3. The van der Waals surface area contributed by atoms with Gasteiger partial charge in [0.15, 0.2) is 5.78 Å². The Balaban J connectivity index is 2.02. The topological polar surface area (TPSA) is 56.0 Å². The number of ketones is 1. The molecule has 18 heavy (non-hydrogen) atoms. The van der Waals surface area contributed by atoms with Crippen molar-refractivity contribution in [1.29, 1.82) is 0 Å². The quantitative estimate of drug-likeness (QED) is 0.898. The molecule has 0 fully saturated rings. The van der Waals surface area contributed by atoms with Gasteiger partial charge in [0.25, 0.3) is 0 Å². The standard InChI is InChI=1S/C14H16N2OS/c1-2-10-5-6-11(16-9-10)8-12(17)14(15)13-4-3-7-18-13/h3-7,9,14H,2,8,15H2,1H3. The maximum absolute atomic E-state index is 12.0. The van der Waals surface area contributed by atoms with Crippen molar-refractivity contribution in [3.8, 4) is 0 Å². The summed E-state index contributed by atoms with van der Waals surface area (Å²) < 4.78 is 0. The number of Topliss-reactive ketones (excluding diaryl/α,β-unsaturated/α-hetero) is 1. The average Bonchev–Trinajstić information content (AvgIpc) is 2.92. The zero-order valence-electron chi connectivity index (χ0n) is 10.3. The number of nitrogens with zero attached hydrogens (tertiary/aromatic N) is 1. The first-order valence-electron chi connectivity index (χ1n) is 5.96. The number of thiophene rings is 1. The highest BCUT2D eigenvalue weighted by atomic mass is 32.1. The van der Waals surface area contributed by atoms with Crippen LogP contribution in [0.4, 0.5) is 0 Å². The van der Waals surface area contributed by atoms with Crippen LogP contribution in [0.2, 0.25) is 0 Å². The van der Waals surface area contributed by atoms with Crippen molar-refractivity contribution in [2.24, 2.45) is 5.73 Å². The lowest BCUT2D eigenvalue weighted by atomic mass is 10.1. The Morgan fingerprint density at radius 3 is 2.83 bits per heavy atom. The van der Waals surface area contributed by atoms with E-state index in [1.54, 1.807) is 0 Å². The molecule has 1 atom stereocenters. The van der Waals surface area contributed by atoms with Gasteiger partial charge in [-0.2, -0.15) is 0 Å². The molecule has 0 aromatic carbocycles. The van der Waals surface area contributed by atoms with Gasteiger partial charge in [0, 0.05) is 16.8 Å². The fraction of sp³-hybridized carbons (Fsp3) is 0.286. The van der Waals surface area contributed by atoms with Crippen LogP contribution in [0.1, 0.15) is 29.1 Å². The molecule has 0 amide bonds. The average molecular weight is 260 g/mol. The van der Waals surface area contributed by atoms with Crippen molar-refractivity contribution < 1.29 is 4.79 Å². The van der Waals surface area contributed by atoms with Gasteiger partial charge in [0.2, 0.25) is 0 Å². The summed E-state index contributed by atoms with van der Waals surface area (Å²) in [7, 11) is 0. The number of aromatic nitrogens is 1. The molecule has 2 aromatic heterocycles. The first-order valence-corrected chi connectivity index (χ1v) is 6.84. The van der Waals surface area contributed by atoms with Crippen LogP contribution in [-0.2, 0) is 17.6 Å². The van der Waals surface area contributed by atoms with Gasteiger partial charge in [-0.25, -0.2) is 0 Å². The molecule has 0 saturated heterocycles. The minimum absolute atomic E-state index is 0.00852. The SMILES string of the molecule is CCc1ccc(CC(=O)C(N)c2cccs2)nc1. The van der Waals surface area contributed by atoms with Gasteiger partial charge in [-0.05, 0) is 29.5 Å². The van der Waals surface area contributed by atoms with Crippen LogP contribution < -0.4 is 5.73 Å². The number of hydrogen-bond donors (Lipinski definition) is 1. The van der Waals surface area contributed by atoms with Crippen LogP contribution in [0.3, 0.4) is 0 Å². The summed E-state index contributed by atoms with van der Waals surface area (Å²) in [6.07, 6.45) is 3.07. The number of hydrogen-bond acceptors (Lipinski definition) is 4. The third-order valence-electron chi connectivity index (χ3n) is 2.85. The molecule has 0 spiro atoms. The van der Waals surface area contributed by atoms with Gasteiger partial charge in [-0.15, -0.1) is 11.3 Å². The van der Waals surface area contributed by atoms with Crippen molar-refractivity contribution in [2.45, 2.75) is 25.8 Å². The van der Waals surface area contributed by atoms with Crippen molar-refractivity contribution in [1.82, 2.24) is 4.98 Å². The van der Waals surface area contributed by atoms with Gasteiger partial charge < -0.3 is 5.73 Å². The van der Waals surface area contributed by atoms with E-state index >= 15 is 0 Å². The van der Waals surface area contributed by atoms with Gasteiger partial charge in [0.1, 0.15) is 0 Å². The first-order chi connectivity index (χ1) is 8.70. The lowest BCUT2D eigenvalue weighted by molar-refractivity contribution is -0.119. The number of nitrogens with two attached hydrogens (primary N) is 1. The Morgan fingerprint density at radius 2 is 2.28 bits per heavy atom. The summed E-state index contributed by atoms with van der Waals surface area (Å²) in [6, 6.07) is 7.17. The molecule has 0 aliphatic rings. The lowest BCUT2D eigenvalue weighted by Gasteiger charge is -2.08. The third-order valence-corrected chi connectivity index (χ3v) is 3.80. The highest BCUT2D eigenvalue weighted by Crippen LogP contribution is 2.18. The molecular formula is C14H16N2OS. The first kappa shape index (κ1) is 12.9. The van der Waals surface area contributed by atoms with E-state index in [2.05, 4.69) is 11.9 Å². The van der Waals surface area contributed by atoms with E-state index in [-0.39, 0.29) is 5.78 Å². The van der Waals surface area contributed by atoms with E-state index < -0.39 is 6.04 Å². The second-order valence-electron chi connectivity index (χ2n) is 4.15. The Kier molecular flexibility index (Phi) is 4.23. The second kappa shape index (κ2) is 5.89. The predicted octanol–water partition coefficient (Wildman–Crippen LogP) is 2.52. The Bertz CT molecular complexity index is 505. The maximum Gasteiger partial charge on any atom is 0.160 e. The number of carbonyl (C=O) groups is 1. The predicted molar refractivity (Wildman–Crippen MR) is 73.6 cm³/mol. The monoisotopic (exact) mass is 260 g/mol. The zero-order valence-corrected chi connectivity index (χ0v) is 11.1. The van der Waals surface area contributed by atoms with E-state index in [4.69, 9.17) is 5.73 Å². The van der Waals surface area contributed by atoms with Crippen LogP contribution in [0.5, 0.6) is 0 Å². The number of pyridine rings is 1. The Morgan fingerprint density at radius 1 is 1.44 bits per heavy atom. The van der Waals surface area contributed by atoms with Crippen molar-refractivity contribution >= 4 is 17.1 Å². The molecule has 0 radical (unpaired) electrons. The molecule has 0 saturated carbocycles. The molecule has 0 aliphatic heterocycles. The highest BCUT2D eigenvalue weighted by Gasteiger charge is 2.17. The number of carbonyl (C=O) groups excluding carboxylic acids is 1. The summed E-state index contributed by atoms with van der Waals surface area (Å²) >= 11 is 1.51. The zero-order chi connectivity index (χ0) is 13.0. The van der Waals surface area contributed by atoms with Crippen LogP contribution >= 0.6 is 11.3 Å². The van der Waals surface area contributed by atoms with Crippen molar-refractivity contribution in [3.05, 3.63) is 52.0 Å². The number of aryl methyl sites for hydroxylation is 1. The molecule has 0 bridgehead atoms. The van der Waals surface area contributed by atoms with Gasteiger partial charge in [0.05, 0.1) is 12.5 Å². The van der Waals surface area contributed by atoms with E-state index in [0.717, 1.165) is 17.0 Å². The molecule has 3 nitrogen and oxygen atoms in total. The molecule has 94 valence electrons. The van der Waals surface area contributed by atoms with Crippen LogP contribution in [-0.4, -0.2) is 10.8 Å². The molecule has 1 unspecified atom stereocenters. The summed E-state index contributed by atoms with van der Waals surface area (Å²) in [4.78, 5) is 17.2. The Hall–Kier alpha value is -1.52. The lowest BCUT2D eigenvalue weighted by Crippen LogP contribution is -2.22. The molecule has 2 N–H and O–H groups in total. The smallest absolute Gasteiger partial charge is 0.160 e. The van der Waals surface area contributed by atoms with E-state index in [0.29, 0.717) is 6.42 Å². The second-order valence-corrected chi connectivity index (χ2v) is 5.13. The van der Waals surface area contributed by atoms with Crippen molar-refractivity contribution in [3.63, 3.8) is 0 Å². The van der Waals surface area contributed by atoms with E-state index in [1.807, 2.05) is 35.8 Å². The summed E-state index contributed by atoms with van der Waals surface area (Å²) in [5.74, 6) is 0.00852. The van der Waals surface area contributed by atoms with E-state index in [1.165, 1.54) is 16.9 Å². The maximum atomic E-state index is 12.0. The fourth-order valence-electron chi connectivity index (χ4n) is 1.68.